The summed E-state index contributed by atoms with van der Waals surface area (Å²) in [6, 6.07) is 21.5. The van der Waals surface area contributed by atoms with E-state index in [0.29, 0.717) is 31.2 Å². The summed E-state index contributed by atoms with van der Waals surface area (Å²) >= 11 is 0. The Labute approximate surface area is 184 Å². The molecule has 8 heteroatoms. The van der Waals surface area contributed by atoms with E-state index in [1.54, 1.807) is 12.1 Å². The molecule has 2 N–H and O–H groups in total. The van der Waals surface area contributed by atoms with E-state index in [9.17, 15) is 13.2 Å². The second-order valence-corrected chi connectivity index (χ2v) is 9.27. The van der Waals surface area contributed by atoms with Crippen LogP contribution in [-0.2, 0) is 23.1 Å². The van der Waals surface area contributed by atoms with Crippen LogP contribution in [0.1, 0.15) is 11.1 Å². The lowest BCUT2D eigenvalue weighted by atomic mass is 9.99. The number of sulfonamides is 1. The van der Waals surface area contributed by atoms with Gasteiger partial charge in [0, 0.05) is 24.5 Å². The Kier molecular flexibility index (Phi) is 5.05. The Hall–Kier alpha value is -3.46. The Morgan fingerprint density at radius 2 is 1.72 bits per heavy atom. The SMILES string of the molecule is NS(=O)(=O)c1ccc(CN2COc3ccc4c(-c5ccccc5)cc(=O)oc4c3C2)cc1. The lowest BCUT2D eigenvalue weighted by Gasteiger charge is -2.29. The van der Waals surface area contributed by atoms with Crippen LogP contribution in [0, 0.1) is 0 Å². The van der Waals surface area contributed by atoms with Gasteiger partial charge in [-0.2, -0.15) is 0 Å². The molecule has 2 heterocycles. The number of benzene rings is 3. The summed E-state index contributed by atoms with van der Waals surface area (Å²) in [4.78, 5) is 14.5. The molecule has 1 aliphatic heterocycles. The molecule has 32 heavy (non-hydrogen) atoms. The summed E-state index contributed by atoms with van der Waals surface area (Å²) in [7, 11) is -3.73. The van der Waals surface area contributed by atoms with Gasteiger partial charge in [0.05, 0.1) is 10.5 Å². The van der Waals surface area contributed by atoms with Crippen LogP contribution in [0.2, 0.25) is 0 Å². The minimum absolute atomic E-state index is 0.0719. The summed E-state index contributed by atoms with van der Waals surface area (Å²) in [5, 5.41) is 6.01. The van der Waals surface area contributed by atoms with Gasteiger partial charge in [0.25, 0.3) is 0 Å². The van der Waals surface area contributed by atoms with Crippen LogP contribution in [0.3, 0.4) is 0 Å². The quantitative estimate of drug-likeness (QED) is 0.480. The van der Waals surface area contributed by atoms with E-state index in [1.165, 1.54) is 18.2 Å². The van der Waals surface area contributed by atoms with Gasteiger partial charge in [0.15, 0.2) is 0 Å². The van der Waals surface area contributed by atoms with Crippen LogP contribution in [0.25, 0.3) is 22.1 Å². The molecule has 162 valence electrons. The van der Waals surface area contributed by atoms with Gasteiger partial charge < -0.3 is 9.15 Å². The number of nitrogens with two attached hydrogens (primary N) is 1. The molecule has 1 aromatic heterocycles. The second kappa shape index (κ2) is 7.90. The van der Waals surface area contributed by atoms with E-state index >= 15 is 0 Å². The third-order valence-corrected chi connectivity index (χ3v) is 6.43. The lowest BCUT2D eigenvalue weighted by molar-refractivity contribution is 0.0889. The average Bonchev–Trinajstić information content (AvgIpc) is 2.79. The first-order chi connectivity index (χ1) is 15.4. The highest BCUT2D eigenvalue weighted by atomic mass is 32.2. The zero-order chi connectivity index (χ0) is 22.3. The molecule has 3 aromatic carbocycles. The molecule has 0 bridgehead atoms. The minimum Gasteiger partial charge on any atom is -0.478 e. The van der Waals surface area contributed by atoms with Crippen LogP contribution < -0.4 is 15.5 Å². The summed E-state index contributed by atoms with van der Waals surface area (Å²) in [6.45, 7) is 1.41. The molecule has 0 amide bonds. The zero-order valence-corrected chi connectivity index (χ0v) is 17.8. The monoisotopic (exact) mass is 448 g/mol. The molecule has 0 fully saturated rings. The number of fused-ring (bicyclic) bond motifs is 3. The van der Waals surface area contributed by atoms with Gasteiger partial charge in [-0.1, -0.05) is 42.5 Å². The molecule has 0 saturated carbocycles. The Morgan fingerprint density at radius 1 is 0.969 bits per heavy atom. The molecular formula is C24H20N2O5S. The highest BCUT2D eigenvalue weighted by molar-refractivity contribution is 7.89. The van der Waals surface area contributed by atoms with Crippen molar-refractivity contribution in [3.8, 4) is 16.9 Å². The highest BCUT2D eigenvalue weighted by Gasteiger charge is 2.23. The van der Waals surface area contributed by atoms with Gasteiger partial charge in [-0.15, -0.1) is 0 Å². The molecule has 0 radical (unpaired) electrons. The highest BCUT2D eigenvalue weighted by Crippen LogP contribution is 2.36. The minimum atomic E-state index is -3.73. The molecule has 0 atom stereocenters. The number of primary sulfonamides is 1. The fourth-order valence-corrected chi connectivity index (χ4v) is 4.50. The van der Waals surface area contributed by atoms with Crippen LogP contribution in [-0.4, -0.2) is 20.0 Å². The topological polar surface area (TPSA) is 103 Å². The van der Waals surface area contributed by atoms with Crippen LogP contribution in [0.5, 0.6) is 5.75 Å². The van der Waals surface area contributed by atoms with Crippen LogP contribution in [0.4, 0.5) is 0 Å². The summed E-state index contributed by atoms with van der Waals surface area (Å²) in [5.74, 6) is 0.687. The van der Waals surface area contributed by atoms with Crippen molar-refractivity contribution in [2.24, 2.45) is 5.14 Å². The van der Waals surface area contributed by atoms with E-state index in [0.717, 1.165) is 27.6 Å². The van der Waals surface area contributed by atoms with Gasteiger partial charge in [-0.05, 0) is 41.0 Å². The molecule has 1 aliphatic rings. The normalized spacial score (nSPS) is 14.2. The number of hydrogen-bond acceptors (Lipinski definition) is 6. The van der Waals surface area contributed by atoms with Crippen molar-refractivity contribution in [2.75, 3.05) is 6.73 Å². The third kappa shape index (κ3) is 3.91. The first kappa shape index (κ1) is 20.4. The molecule has 0 spiro atoms. The number of ether oxygens (including phenoxy) is 1. The summed E-state index contributed by atoms with van der Waals surface area (Å²) < 4.78 is 34.5. The predicted molar refractivity (Wildman–Crippen MR) is 120 cm³/mol. The zero-order valence-electron chi connectivity index (χ0n) is 17.0. The largest absolute Gasteiger partial charge is 0.478 e. The Morgan fingerprint density at radius 3 is 2.44 bits per heavy atom. The molecular weight excluding hydrogens is 428 g/mol. The molecule has 7 nitrogen and oxygen atoms in total. The standard InChI is InChI=1S/C24H20N2O5S/c25-32(28,29)18-8-6-16(7-9-18)13-26-14-21-22(30-15-26)11-10-19-20(12-23(27)31-24(19)21)17-4-2-1-3-5-17/h1-12H,13-15H2,(H2,25,28,29). The fourth-order valence-electron chi connectivity index (χ4n) is 3.98. The van der Waals surface area contributed by atoms with Crippen molar-refractivity contribution < 1.29 is 17.6 Å². The van der Waals surface area contributed by atoms with Gasteiger partial charge in [-0.25, -0.2) is 18.4 Å². The van der Waals surface area contributed by atoms with E-state index in [-0.39, 0.29) is 4.90 Å². The van der Waals surface area contributed by atoms with E-state index in [4.69, 9.17) is 14.3 Å². The molecule has 0 aliphatic carbocycles. The molecule has 4 aromatic rings. The first-order valence-electron chi connectivity index (χ1n) is 10.0. The van der Waals surface area contributed by atoms with Crippen molar-refractivity contribution >= 4 is 21.0 Å². The van der Waals surface area contributed by atoms with Gasteiger partial charge in [0.2, 0.25) is 10.0 Å². The Bertz CT molecular complexity index is 1460. The van der Waals surface area contributed by atoms with Gasteiger partial charge >= 0.3 is 5.63 Å². The maximum atomic E-state index is 12.4. The van der Waals surface area contributed by atoms with Crippen LogP contribution >= 0.6 is 0 Å². The van der Waals surface area contributed by atoms with Crippen molar-refractivity contribution in [3.05, 3.63) is 94.3 Å². The predicted octanol–water partition coefficient (Wildman–Crippen LogP) is 3.46. The number of nitrogens with zero attached hydrogens (tertiary/aromatic N) is 1. The number of rotatable bonds is 4. The first-order valence-corrected chi connectivity index (χ1v) is 11.6. The van der Waals surface area contributed by atoms with Crippen molar-refractivity contribution in [2.45, 2.75) is 18.0 Å². The van der Waals surface area contributed by atoms with Crippen molar-refractivity contribution in [3.63, 3.8) is 0 Å². The van der Waals surface area contributed by atoms with Gasteiger partial charge in [-0.3, -0.25) is 4.90 Å². The second-order valence-electron chi connectivity index (χ2n) is 7.71. The van der Waals surface area contributed by atoms with E-state index in [1.807, 2.05) is 47.4 Å². The van der Waals surface area contributed by atoms with Crippen molar-refractivity contribution in [1.29, 1.82) is 0 Å². The maximum absolute atomic E-state index is 12.4. The lowest BCUT2D eigenvalue weighted by Crippen LogP contribution is -2.31. The summed E-state index contributed by atoms with van der Waals surface area (Å²) in [6.07, 6.45) is 0. The smallest absolute Gasteiger partial charge is 0.336 e. The van der Waals surface area contributed by atoms with E-state index < -0.39 is 15.6 Å². The molecule has 0 saturated heterocycles. The average molecular weight is 449 g/mol. The van der Waals surface area contributed by atoms with Crippen LogP contribution in [0.15, 0.2) is 86.9 Å². The third-order valence-electron chi connectivity index (χ3n) is 5.50. The molecule has 0 unspecified atom stereocenters. The number of hydrogen-bond donors (Lipinski definition) is 1. The van der Waals surface area contributed by atoms with Gasteiger partial charge in [0.1, 0.15) is 18.1 Å². The molecule has 5 rings (SSSR count). The Balaban J connectivity index is 1.50. The van der Waals surface area contributed by atoms with Crippen molar-refractivity contribution in [1.82, 2.24) is 4.90 Å². The summed E-state index contributed by atoms with van der Waals surface area (Å²) in [5.41, 5.74) is 3.58. The fraction of sp³-hybridized carbons (Fsp3) is 0.125. The van der Waals surface area contributed by atoms with E-state index in [2.05, 4.69) is 0 Å². The maximum Gasteiger partial charge on any atom is 0.336 e.